The Labute approximate surface area is 196 Å². The number of hydrogen-bond donors (Lipinski definition) is 2. The molecule has 0 unspecified atom stereocenters. The highest BCUT2D eigenvalue weighted by atomic mass is 35.5. The van der Waals surface area contributed by atoms with E-state index in [-0.39, 0.29) is 17.3 Å². The molecule has 0 aromatic heterocycles. The number of halogens is 1. The molecule has 0 spiro atoms. The van der Waals surface area contributed by atoms with E-state index in [4.69, 9.17) is 14.6 Å². The van der Waals surface area contributed by atoms with Gasteiger partial charge < -0.3 is 14.8 Å². The van der Waals surface area contributed by atoms with Gasteiger partial charge in [-0.15, -0.1) is 12.4 Å². The maximum atomic E-state index is 11.3. The number of methoxy groups -OCH3 is 1. The van der Waals surface area contributed by atoms with Crippen molar-refractivity contribution in [2.75, 3.05) is 13.7 Å². The van der Waals surface area contributed by atoms with E-state index in [1.54, 1.807) is 19.2 Å². The van der Waals surface area contributed by atoms with E-state index in [2.05, 4.69) is 36.5 Å². The summed E-state index contributed by atoms with van der Waals surface area (Å²) in [7, 11) is -2.02. The molecule has 0 atom stereocenters. The minimum atomic E-state index is -3.65. The van der Waals surface area contributed by atoms with Gasteiger partial charge in [0.15, 0.2) is 11.5 Å². The Kier molecular flexibility index (Phi) is 9.53. The second-order valence-electron chi connectivity index (χ2n) is 7.38. The van der Waals surface area contributed by atoms with E-state index in [1.807, 2.05) is 18.2 Å². The van der Waals surface area contributed by atoms with E-state index in [9.17, 15) is 8.42 Å². The lowest BCUT2D eigenvalue weighted by Crippen LogP contribution is -2.17. The molecule has 3 aromatic carbocycles. The van der Waals surface area contributed by atoms with Gasteiger partial charge in [0, 0.05) is 6.54 Å². The molecule has 0 radical (unpaired) electrons. The molecule has 0 bridgehead atoms. The van der Waals surface area contributed by atoms with E-state index in [0.717, 1.165) is 29.7 Å². The smallest absolute Gasteiger partial charge is 0.238 e. The van der Waals surface area contributed by atoms with E-state index in [1.165, 1.54) is 17.7 Å². The van der Waals surface area contributed by atoms with Crippen LogP contribution in [0.2, 0.25) is 0 Å². The summed E-state index contributed by atoms with van der Waals surface area (Å²) >= 11 is 0. The first kappa shape index (κ1) is 25.7. The fourth-order valence-corrected chi connectivity index (χ4v) is 3.61. The van der Waals surface area contributed by atoms with Crippen molar-refractivity contribution in [3.63, 3.8) is 0 Å². The first-order valence-corrected chi connectivity index (χ1v) is 11.6. The van der Waals surface area contributed by atoms with Gasteiger partial charge >= 0.3 is 0 Å². The normalized spacial score (nSPS) is 11.0. The summed E-state index contributed by atoms with van der Waals surface area (Å²) in [5, 5.41) is 8.51. The molecule has 0 aliphatic rings. The minimum absolute atomic E-state index is 0. The van der Waals surface area contributed by atoms with Crippen molar-refractivity contribution in [1.29, 1.82) is 0 Å². The van der Waals surface area contributed by atoms with Crippen molar-refractivity contribution in [2.45, 2.75) is 31.4 Å². The molecular formula is C24H29ClN2O4S. The highest BCUT2D eigenvalue weighted by molar-refractivity contribution is 7.89. The Hall–Kier alpha value is -2.58. The summed E-state index contributed by atoms with van der Waals surface area (Å²) in [6.45, 7) is 3.98. The second kappa shape index (κ2) is 11.9. The van der Waals surface area contributed by atoms with Crippen molar-refractivity contribution < 1.29 is 17.9 Å². The van der Waals surface area contributed by atoms with Gasteiger partial charge in [-0.05, 0) is 60.8 Å². The second-order valence-corrected chi connectivity index (χ2v) is 8.94. The number of ether oxygens (including phenoxy) is 2. The van der Waals surface area contributed by atoms with Crippen LogP contribution in [0.4, 0.5) is 0 Å². The van der Waals surface area contributed by atoms with E-state index < -0.39 is 10.0 Å². The molecule has 0 heterocycles. The number of hydrogen-bond acceptors (Lipinski definition) is 5. The molecule has 3 aromatic rings. The largest absolute Gasteiger partial charge is 0.493 e. The standard InChI is InChI=1S/C24H28N2O4S.ClH/c1-18-3-5-20(6-4-18)17-30-23-12-9-21(15-24(23)29-2)16-26-14-13-19-7-10-22(11-8-19)31(25,27)28;/h3-12,15,26H,13-14,16-17H2,1-2H3,(H2,25,27,28);1H. The zero-order valence-electron chi connectivity index (χ0n) is 18.2. The van der Waals surface area contributed by atoms with Crippen LogP contribution >= 0.6 is 12.4 Å². The Morgan fingerprint density at radius 1 is 0.875 bits per heavy atom. The number of rotatable bonds is 10. The zero-order valence-corrected chi connectivity index (χ0v) is 19.8. The van der Waals surface area contributed by atoms with Crippen molar-refractivity contribution in [2.24, 2.45) is 5.14 Å². The van der Waals surface area contributed by atoms with Crippen LogP contribution in [-0.4, -0.2) is 22.1 Å². The maximum Gasteiger partial charge on any atom is 0.238 e. The molecule has 0 aliphatic heterocycles. The van der Waals surface area contributed by atoms with Crippen molar-refractivity contribution in [3.8, 4) is 11.5 Å². The average Bonchev–Trinajstić information content (AvgIpc) is 2.76. The molecular weight excluding hydrogens is 448 g/mol. The average molecular weight is 477 g/mol. The summed E-state index contributed by atoms with van der Waals surface area (Å²) in [6, 6.07) is 20.8. The third-order valence-corrected chi connectivity index (χ3v) is 5.84. The molecule has 3 rings (SSSR count). The van der Waals surface area contributed by atoms with Gasteiger partial charge in [-0.3, -0.25) is 0 Å². The van der Waals surface area contributed by atoms with Gasteiger partial charge in [0.25, 0.3) is 0 Å². The lowest BCUT2D eigenvalue weighted by molar-refractivity contribution is 0.284. The molecule has 172 valence electrons. The molecule has 0 fully saturated rings. The fourth-order valence-electron chi connectivity index (χ4n) is 3.10. The number of aryl methyl sites for hydroxylation is 1. The first-order valence-electron chi connectivity index (χ1n) is 10.0. The molecule has 0 saturated heterocycles. The van der Waals surface area contributed by atoms with Gasteiger partial charge in [-0.25, -0.2) is 13.6 Å². The van der Waals surface area contributed by atoms with Crippen molar-refractivity contribution >= 4 is 22.4 Å². The molecule has 0 saturated carbocycles. The van der Waals surface area contributed by atoms with Crippen LogP contribution in [-0.2, 0) is 29.6 Å². The predicted molar refractivity (Wildman–Crippen MR) is 129 cm³/mol. The zero-order chi connectivity index (χ0) is 22.3. The SMILES string of the molecule is COc1cc(CNCCc2ccc(S(N)(=O)=O)cc2)ccc1OCc1ccc(C)cc1.Cl. The summed E-state index contributed by atoms with van der Waals surface area (Å²) in [6.07, 6.45) is 0.778. The monoisotopic (exact) mass is 476 g/mol. The number of nitrogens with one attached hydrogen (secondary N) is 1. The van der Waals surface area contributed by atoms with Gasteiger partial charge in [0.05, 0.1) is 12.0 Å². The molecule has 3 N–H and O–H groups in total. The molecule has 0 aliphatic carbocycles. The van der Waals surface area contributed by atoms with Crippen LogP contribution < -0.4 is 19.9 Å². The van der Waals surface area contributed by atoms with Gasteiger partial charge in [0.2, 0.25) is 10.0 Å². The van der Waals surface area contributed by atoms with Gasteiger partial charge in [-0.2, -0.15) is 0 Å². The Morgan fingerprint density at radius 2 is 1.50 bits per heavy atom. The number of nitrogens with two attached hydrogens (primary N) is 1. The first-order chi connectivity index (χ1) is 14.8. The molecule has 0 amide bonds. The lowest BCUT2D eigenvalue weighted by atomic mass is 10.1. The van der Waals surface area contributed by atoms with E-state index >= 15 is 0 Å². The molecule has 32 heavy (non-hydrogen) atoms. The van der Waals surface area contributed by atoms with Crippen LogP contribution in [0.5, 0.6) is 11.5 Å². The third kappa shape index (κ3) is 7.53. The summed E-state index contributed by atoms with van der Waals surface area (Å²) in [5.41, 5.74) is 4.45. The highest BCUT2D eigenvalue weighted by Gasteiger charge is 2.08. The summed E-state index contributed by atoms with van der Waals surface area (Å²) in [5.74, 6) is 1.41. The minimum Gasteiger partial charge on any atom is -0.493 e. The summed E-state index contributed by atoms with van der Waals surface area (Å²) < 4.78 is 34.0. The Balaban J connectivity index is 0.00000363. The predicted octanol–water partition coefficient (Wildman–Crippen LogP) is 3.98. The number of primary sulfonamides is 1. The highest BCUT2D eigenvalue weighted by Crippen LogP contribution is 2.29. The molecule has 6 nitrogen and oxygen atoms in total. The number of sulfonamides is 1. The van der Waals surface area contributed by atoms with Crippen molar-refractivity contribution in [3.05, 3.63) is 89.0 Å². The van der Waals surface area contributed by atoms with Crippen LogP contribution in [0.15, 0.2) is 71.6 Å². The summed E-state index contributed by atoms with van der Waals surface area (Å²) in [4.78, 5) is 0.126. The van der Waals surface area contributed by atoms with Gasteiger partial charge in [-0.1, -0.05) is 48.0 Å². The Morgan fingerprint density at radius 3 is 2.12 bits per heavy atom. The van der Waals surface area contributed by atoms with Crippen LogP contribution in [0.3, 0.4) is 0 Å². The topological polar surface area (TPSA) is 90.6 Å². The van der Waals surface area contributed by atoms with E-state index in [0.29, 0.717) is 24.7 Å². The fraction of sp³-hybridized carbons (Fsp3) is 0.250. The van der Waals surface area contributed by atoms with Crippen LogP contribution in [0.25, 0.3) is 0 Å². The van der Waals surface area contributed by atoms with Gasteiger partial charge in [0.1, 0.15) is 6.61 Å². The quantitative estimate of drug-likeness (QED) is 0.432. The van der Waals surface area contributed by atoms with Crippen molar-refractivity contribution in [1.82, 2.24) is 5.32 Å². The van der Waals surface area contributed by atoms with Crippen LogP contribution in [0, 0.1) is 6.92 Å². The van der Waals surface area contributed by atoms with Crippen LogP contribution in [0.1, 0.15) is 22.3 Å². The lowest BCUT2D eigenvalue weighted by Gasteiger charge is -2.13. The number of benzene rings is 3. The third-order valence-electron chi connectivity index (χ3n) is 4.91. The Bertz CT molecular complexity index is 1100. The molecule has 8 heteroatoms. The maximum absolute atomic E-state index is 11.3.